The van der Waals surface area contributed by atoms with Gasteiger partial charge in [0.25, 0.3) is 0 Å². The van der Waals surface area contributed by atoms with E-state index in [2.05, 4.69) is 40.2 Å². The summed E-state index contributed by atoms with van der Waals surface area (Å²) in [5, 5.41) is 1.33. The minimum atomic E-state index is -5.99. The standard InChI is InChI=1S/C22H10Br2F6O6S2/c23-17-7-11-3-1-5-13(15(11)9-19(17)35-37(31,32)21(25,26)27)14-6-2-4-12-8-18(24)20(10-16(12)14)36-38(33,34)22(28,29)30/h1-10H. The Labute approximate surface area is 227 Å². The molecule has 0 aliphatic heterocycles. The maximum Gasteiger partial charge on any atom is 0.534 e. The molecule has 0 heterocycles. The second kappa shape index (κ2) is 9.57. The fraction of sp³-hybridized carbons (Fsp3) is 0.0909. The molecule has 16 heteroatoms. The lowest BCUT2D eigenvalue weighted by Gasteiger charge is -2.16. The molecule has 0 aliphatic rings. The monoisotopic (exact) mass is 706 g/mol. The minimum absolute atomic E-state index is 0.0927. The average molecular weight is 708 g/mol. The molecule has 4 aromatic rings. The van der Waals surface area contributed by atoms with E-state index < -0.39 is 42.8 Å². The van der Waals surface area contributed by atoms with E-state index in [1.807, 2.05) is 0 Å². The minimum Gasteiger partial charge on any atom is -0.375 e. The second-order valence-electron chi connectivity index (χ2n) is 7.59. The third kappa shape index (κ3) is 5.31. The van der Waals surface area contributed by atoms with Gasteiger partial charge in [0.1, 0.15) is 0 Å². The van der Waals surface area contributed by atoms with E-state index in [4.69, 9.17) is 0 Å². The summed E-state index contributed by atoms with van der Waals surface area (Å²) >= 11 is 5.98. The Kier molecular flexibility index (Phi) is 7.16. The first-order valence-electron chi connectivity index (χ1n) is 9.88. The molecule has 0 aliphatic carbocycles. The van der Waals surface area contributed by atoms with Crippen molar-refractivity contribution in [3.8, 4) is 22.6 Å². The van der Waals surface area contributed by atoms with Crippen LogP contribution in [0, 0.1) is 0 Å². The van der Waals surface area contributed by atoms with Gasteiger partial charge in [-0.25, -0.2) is 0 Å². The van der Waals surface area contributed by atoms with Crippen molar-refractivity contribution in [1.82, 2.24) is 0 Å². The highest BCUT2D eigenvalue weighted by molar-refractivity contribution is 9.11. The van der Waals surface area contributed by atoms with Gasteiger partial charge in [-0.1, -0.05) is 36.4 Å². The van der Waals surface area contributed by atoms with Crippen LogP contribution in [-0.2, 0) is 20.2 Å². The van der Waals surface area contributed by atoms with Gasteiger partial charge < -0.3 is 8.37 Å². The Bertz CT molecular complexity index is 1670. The highest BCUT2D eigenvalue weighted by Gasteiger charge is 2.49. The van der Waals surface area contributed by atoms with Crippen LogP contribution >= 0.6 is 31.9 Å². The molecular weight excluding hydrogens is 698 g/mol. The Morgan fingerprint density at radius 1 is 0.579 bits per heavy atom. The summed E-state index contributed by atoms with van der Waals surface area (Å²) in [5.41, 5.74) is -10.7. The Morgan fingerprint density at radius 3 is 1.24 bits per heavy atom. The zero-order chi connectivity index (χ0) is 28.3. The number of fused-ring (bicyclic) bond motifs is 2. The number of hydrogen-bond acceptors (Lipinski definition) is 6. The van der Waals surface area contributed by atoms with Crippen LogP contribution in [0.25, 0.3) is 32.7 Å². The second-order valence-corrected chi connectivity index (χ2v) is 12.4. The summed E-state index contributed by atoms with van der Waals surface area (Å²) in [4.78, 5) is 0. The van der Waals surface area contributed by atoms with Gasteiger partial charge >= 0.3 is 31.3 Å². The Morgan fingerprint density at radius 2 is 0.921 bits per heavy atom. The molecule has 0 spiro atoms. The van der Waals surface area contributed by atoms with Crippen molar-refractivity contribution >= 4 is 73.6 Å². The summed E-state index contributed by atoms with van der Waals surface area (Å²) < 4.78 is 132. The molecule has 0 unspecified atom stereocenters. The lowest BCUT2D eigenvalue weighted by atomic mass is 9.94. The van der Waals surface area contributed by atoms with Crippen LogP contribution in [0.2, 0.25) is 0 Å². The SMILES string of the molecule is O=S(=O)(Oc1cc2c(-c3cccc4cc(Br)c(OS(=O)(=O)C(F)(F)F)cc34)cccc2cc1Br)C(F)(F)F. The van der Waals surface area contributed by atoms with Crippen LogP contribution in [-0.4, -0.2) is 27.9 Å². The lowest BCUT2D eigenvalue weighted by Crippen LogP contribution is -2.28. The van der Waals surface area contributed by atoms with Crippen LogP contribution in [0.1, 0.15) is 0 Å². The number of hydrogen-bond donors (Lipinski definition) is 0. The molecule has 0 aromatic heterocycles. The largest absolute Gasteiger partial charge is 0.534 e. The third-order valence-electron chi connectivity index (χ3n) is 5.12. The van der Waals surface area contributed by atoms with Crippen molar-refractivity contribution in [3.05, 3.63) is 69.6 Å². The van der Waals surface area contributed by atoms with Crippen molar-refractivity contribution in [3.63, 3.8) is 0 Å². The molecule has 202 valence electrons. The van der Waals surface area contributed by atoms with Gasteiger partial charge in [0.2, 0.25) is 0 Å². The van der Waals surface area contributed by atoms with Crippen molar-refractivity contribution in [2.24, 2.45) is 0 Å². The zero-order valence-electron chi connectivity index (χ0n) is 18.1. The van der Waals surface area contributed by atoms with Crippen molar-refractivity contribution in [1.29, 1.82) is 0 Å². The van der Waals surface area contributed by atoms with Crippen LogP contribution in [0.5, 0.6) is 11.5 Å². The molecule has 4 rings (SSSR count). The Hall–Kier alpha value is -2.56. The number of rotatable bonds is 5. The predicted octanol–water partition coefficient (Wildman–Crippen LogP) is 7.64. The Balaban J connectivity index is 1.94. The molecular formula is C22H10Br2F6O6S2. The average Bonchev–Trinajstić information content (AvgIpc) is 2.77. The van der Waals surface area contributed by atoms with E-state index in [0.717, 1.165) is 12.1 Å². The smallest absolute Gasteiger partial charge is 0.375 e. The van der Waals surface area contributed by atoms with Crippen molar-refractivity contribution < 1.29 is 51.5 Å². The lowest BCUT2D eigenvalue weighted by molar-refractivity contribution is -0.0505. The van der Waals surface area contributed by atoms with Crippen molar-refractivity contribution in [2.75, 3.05) is 0 Å². The highest BCUT2D eigenvalue weighted by Crippen LogP contribution is 2.42. The molecule has 6 nitrogen and oxygen atoms in total. The molecule has 38 heavy (non-hydrogen) atoms. The fourth-order valence-electron chi connectivity index (χ4n) is 3.48. The van der Waals surface area contributed by atoms with Crippen LogP contribution in [0.15, 0.2) is 69.6 Å². The highest BCUT2D eigenvalue weighted by atomic mass is 79.9. The van der Waals surface area contributed by atoms with Crippen LogP contribution in [0.3, 0.4) is 0 Å². The summed E-state index contributed by atoms with van der Waals surface area (Å²) in [6, 6.07) is 14.2. The first-order chi connectivity index (χ1) is 17.4. The summed E-state index contributed by atoms with van der Waals surface area (Å²) in [7, 11) is -12.0. The topological polar surface area (TPSA) is 86.7 Å². The van der Waals surface area contributed by atoms with Gasteiger partial charge in [-0.15, -0.1) is 0 Å². The number of halogens is 8. The van der Waals surface area contributed by atoms with Gasteiger partial charge in [-0.05, 0) is 88.8 Å². The van der Waals surface area contributed by atoms with Crippen molar-refractivity contribution in [2.45, 2.75) is 11.0 Å². The third-order valence-corrected chi connectivity index (χ3v) is 8.29. The van der Waals surface area contributed by atoms with Crippen LogP contribution in [0.4, 0.5) is 26.3 Å². The number of benzene rings is 4. The quantitative estimate of drug-likeness (QED) is 0.120. The fourth-order valence-corrected chi connectivity index (χ4v) is 5.52. The van der Waals surface area contributed by atoms with E-state index in [-0.39, 0.29) is 19.7 Å². The first-order valence-corrected chi connectivity index (χ1v) is 14.3. The first kappa shape index (κ1) is 28.4. The molecule has 0 radical (unpaired) electrons. The van der Waals surface area contributed by atoms with E-state index >= 15 is 0 Å². The maximum atomic E-state index is 12.9. The molecule has 4 aromatic carbocycles. The van der Waals surface area contributed by atoms with E-state index in [0.29, 0.717) is 21.9 Å². The molecule has 0 fully saturated rings. The maximum absolute atomic E-state index is 12.9. The van der Waals surface area contributed by atoms with Crippen LogP contribution < -0.4 is 8.37 Å². The summed E-state index contributed by atoms with van der Waals surface area (Å²) in [6.07, 6.45) is 0. The van der Waals surface area contributed by atoms with Gasteiger partial charge in [-0.2, -0.15) is 43.2 Å². The van der Waals surface area contributed by atoms with Gasteiger partial charge in [0.05, 0.1) is 8.95 Å². The normalized spacial score (nSPS) is 13.2. The molecule has 0 bridgehead atoms. The van der Waals surface area contributed by atoms with E-state index in [9.17, 15) is 43.2 Å². The van der Waals surface area contributed by atoms with E-state index in [1.54, 1.807) is 24.3 Å². The summed E-state index contributed by atoms with van der Waals surface area (Å²) in [5.74, 6) is -1.32. The van der Waals surface area contributed by atoms with Gasteiger partial charge in [0, 0.05) is 0 Å². The predicted molar refractivity (Wildman–Crippen MR) is 133 cm³/mol. The van der Waals surface area contributed by atoms with Gasteiger partial charge in [0.15, 0.2) is 11.5 Å². The van der Waals surface area contributed by atoms with Gasteiger partial charge in [-0.3, -0.25) is 0 Å². The molecule has 0 amide bonds. The summed E-state index contributed by atoms with van der Waals surface area (Å²) in [6.45, 7) is 0. The molecule has 0 atom stereocenters. The molecule has 0 saturated heterocycles. The molecule has 0 N–H and O–H groups in total. The number of alkyl halides is 6. The van der Waals surface area contributed by atoms with E-state index in [1.165, 1.54) is 24.3 Å². The molecule has 0 saturated carbocycles. The zero-order valence-corrected chi connectivity index (χ0v) is 22.9.